The van der Waals surface area contributed by atoms with E-state index < -0.39 is 11.4 Å². The molecule has 0 bridgehead atoms. The molecule has 1 rings (SSSR count). The van der Waals surface area contributed by atoms with Crippen molar-refractivity contribution in [3.8, 4) is 11.8 Å². The average molecular weight is 308 g/mol. The SMILES string of the molecule is CC(C)(CC(N)=O)NC(=O)c1ccc(C#CCN)c(Cl)c1. The molecular weight excluding hydrogens is 290 g/mol. The highest BCUT2D eigenvalue weighted by atomic mass is 35.5. The molecule has 21 heavy (non-hydrogen) atoms. The number of carbonyl (C=O) groups excluding carboxylic acids is 2. The second-order valence-electron chi connectivity index (χ2n) is 5.18. The smallest absolute Gasteiger partial charge is 0.251 e. The molecule has 0 fully saturated rings. The van der Waals surface area contributed by atoms with Crippen molar-refractivity contribution in [3.63, 3.8) is 0 Å². The molecule has 5 nitrogen and oxygen atoms in total. The van der Waals surface area contributed by atoms with Gasteiger partial charge in [0.1, 0.15) is 0 Å². The Morgan fingerprint density at radius 1 is 1.38 bits per heavy atom. The van der Waals surface area contributed by atoms with Crippen molar-refractivity contribution in [1.82, 2.24) is 5.32 Å². The summed E-state index contributed by atoms with van der Waals surface area (Å²) in [6.07, 6.45) is 0.0481. The highest BCUT2D eigenvalue weighted by Gasteiger charge is 2.23. The van der Waals surface area contributed by atoms with Gasteiger partial charge >= 0.3 is 0 Å². The van der Waals surface area contributed by atoms with Crippen LogP contribution in [0.4, 0.5) is 0 Å². The van der Waals surface area contributed by atoms with Crippen molar-refractivity contribution < 1.29 is 9.59 Å². The zero-order valence-corrected chi connectivity index (χ0v) is 12.8. The quantitative estimate of drug-likeness (QED) is 0.725. The molecule has 5 N–H and O–H groups in total. The molecule has 0 aromatic heterocycles. The lowest BCUT2D eigenvalue weighted by molar-refractivity contribution is -0.119. The van der Waals surface area contributed by atoms with Gasteiger partial charge in [0.05, 0.1) is 11.6 Å². The second kappa shape index (κ2) is 7.11. The van der Waals surface area contributed by atoms with Crippen LogP contribution in [0.3, 0.4) is 0 Å². The van der Waals surface area contributed by atoms with Crippen LogP contribution in [-0.4, -0.2) is 23.9 Å². The number of nitrogens with one attached hydrogen (secondary N) is 1. The predicted octanol–water partition coefficient (Wildman–Crippen LogP) is 1.03. The van der Waals surface area contributed by atoms with Crippen LogP contribution >= 0.6 is 11.6 Å². The Morgan fingerprint density at radius 3 is 2.57 bits per heavy atom. The molecule has 6 heteroatoms. The molecule has 0 aliphatic rings. The minimum atomic E-state index is -0.729. The third kappa shape index (κ3) is 5.46. The second-order valence-corrected chi connectivity index (χ2v) is 5.59. The van der Waals surface area contributed by atoms with E-state index in [0.717, 1.165) is 0 Å². The number of carbonyl (C=O) groups is 2. The molecular formula is C15H18ClN3O2. The Hall–Kier alpha value is -2.03. The molecule has 0 aliphatic carbocycles. The topological polar surface area (TPSA) is 98.2 Å². The van der Waals surface area contributed by atoms with E-state index in [1.165, 1.54) is 6.07 Å². The fourth-order valence-corrected chi connectivity index (χ4v) is 1.99. The van der Waals surface area contributed by atoms with E-state index in [9.17, 15) is 9.59 Å². The van der Waals surface area contributed by atoms with Gasteiger partial charge in [0.15, 0.2) is 0 Å². The summed E-state index contributed by atoms with van der Waals surface area (Å²) in [5, 5.41) is 3.11. The van der Waals surface area contributed by atoms with Crippen LogP contribution in [0.15, 0.2) is 18.2 Å². The molecule has 0 saturated heterocycles. The maximum absolute atomic E-state index is 12.1. The summed E-state index contributed by atoms with van der Waals surface area (Å²) >= 11 is 6.07. The summed E-state index contributed by atoms with van der Waals surface area (Å²) in [5.41, 5.74) is 10.7. The van der Waals surface area contributed by atoms with Gasteiger partial charge in [-0.3, -0.25) is 9.59 Å². The van der Waals surface area contributed by atoms with Crippen molar-refractivity contribution in [2.24, 2.45) is 11.5 Å². The number of hydrogen-bond donors (Lipinski definition) is 3. The molecule has 0 heterocycles. The molecule has 1 aromatic carbocycles. The average Bonchev–Trinajstić information content (AvgIpc) is 2.34. The van der Waals surface area contributed by atoms with Crippen molar-refractivity contribution in [2.75, 3.05) is 6.54 Å². The fourth-order valence-electron chi connectivity index (χ4n) is 1.76. The molecule has 0 aliphatic heterocycles. The molecule has 0 radical (unpaired) electrons. The number of rotatable bonds is 4. The first-order valence-corrected chi connectivity index (χ1v) is 6.72. The van der Waals surface area contributed by atoms with Gasteiger partial charge < -0.3 is 16.8 Å². The van der Waals surface area contributed by atoms with Gasteiger partial charge in [-0.2, -0.15) is 0 Å². The van der Waals surface area contributed by atoms with Crippen LogP contribution in [-0.2, 0) is 4.79 Å². The standard InChI is InChI=1S/C15H18ClN3O2/c1-15(2,9-13(18)20)19-14(21)11-6-5-10(4-3-7-17)12(16)8-11/h5-6,8H,7,9,17H2,1-2H3,(H2,18,20)(H,19,21). The van der Waals surface area contributed by atoms with E-state index in [-0.39, 0.29) is 18.9 Å². The highest BCUT2D eigenvalue weighted by molar-refractivity contribution is 6.32. The van der Waals surface area contributed by atoms with Gasteiger partial charge in [0.2, 0.25) is 5.91 Å². The third-order valence-corrected chi connectivity index (χ3v) is 2.94. The van der Waals surface area contributed by atoms with Crippen molar-refractivity contribution in [1.29, 1.82) is 0 Å². The molecule has 112 valence electrons. The van der Waals surface area contributed by atoms with Crippen LogP contribution in [0.1, 0.15) is 36.2 Å². The highest BCUT2D eigenvalue weighted by Crippen LogP contribution is 2.18. The van der Waals surface area contributed by atoms with Gasteiger partial charge in [0, 0.05) is 23.1 Å². The summed E-state index contributed by atoms with van der Waals surface area (Å²) in [4.78, 5) is 23.1. The first-order valence-electron chi connectivity index (χ1n) is 6.34. The number of benzene rings is 1. The van der Waals surface area contributed by atoms with Crippen LogP contribution in [0.25, 0.3) is 0 Å². The van der Waals surface area contributed by atoms with E-state index in [1.807, 2.05) is 0 Å². The maximum atomic E-state index is 12.1. The lowest BCUT2D eigenvalue weighted by Gasteiger charge is -2.24. The van der Waals surface area contributed by atoms with Crippen molar-refractivity contribution >= 4 is 23.4 Å². The number of halogens is 1. The molecule has 0 unspecified atom stereocenters. The summed E-state index contributed by atoms with van der Waals surface area (Å²) < 4.78 is 0. The van der Waals surface area contributed by atoms with E-state index in [4.69, 9.17) is 23.1 Å². The van der Waals surface area contributed by atoms with E-state index in [1.54, 1.807) is 26.0 Å². The van der Waals surface area contributed by atoms with Gasteiger partial charge in [-0.25, -0.2) is 0 Å². The Bertz CT molecular complexity index is 615. The van der Waals surface area contributed by atoms with Gasteiger partial charge in [-0.15, -0.1) is 0 Å². The summed E-state index contributed by atoms with van der Waals surface area (Å²) in [6.45, 7) is 3.68. The first kappa shape index (κ1) is 17.0. The zero-order chi connectivity index (χ0) is 16.0. The predicted molar refractivity (Wildman–Crippen MR) is 82.7 cm³/mol. The lowest BCUT2D eigenvalue weighted by atomic mass is 9.99. The minimum Gasteiger partial charge on any atom is -0.370 e. The van der Waals surface area contributed by atoms with E-state index in [0.29, 0.717) is 16.1 Å². The normalized spacial score (nSPS) is 10.5. The number of nitrogens with two attached hydrogens (primary N) is 2. The molecule has 0 saturated carbocycles. The number of amides is 2. The Balaban J connectivity index is 2.89. The summed E-state index contributed by atoms with van der Waals surface area (Å²) in [5.74, 6) is 4.70. The summed E-state index contributed by atoms with van der Waals surface area (Å²) in [6, 6.07) is 4.79. The van der Waals surface area contributed by atoms with Crippen LogP contribution in [0, 0.1) is 11.8 Å². The van der Waals surface area contributed by atoms with Crippen LogP contribution < -0.4 is 16.8 Å². The Morgan fingerprint density at radius 2 is 2.05 bits per heavy atom. The maximum Gasteiger partial charge on any atom is 0.251 e. The fraction of sp³-hybridized carbons (Fsp3) is 0.333. The van der Waals surface area contributed by atoms with Gasteiger partial charge in [-0.1, -0.05) is 23.4 Å². The summed E-state index contributed by atoms with van der Waals surface area (Å²) in [7, 11) is 0. The number of primary amides is 1. The minimum absolute atomic E-state index is 0.0481. The van der Waals surface area contributed by atoms with Crippen molar-refractivity contribution in [2.45, 2.75) is 25.8 Å². The molecule has 2 amide bonds. The molecule has 0 spiro atoms. The van der Waals surface area contributed by atoms with E-state index in [2.05, 4.69) is 17.2 Å². The van der Waals surface area contributed by atoms with Crippen LogP contribution in [0.5, 0.6) is 0 Å². The largest absolute Gasteiger partial charge is 0.370 e. The lowest BCUT2D eigenvalue weighted by Crippen LogP contribution is -2.46. The van der Waals surface area contributed by atoms with E-state index >= 15 is 0 Å². The van der Waals surface area contributed by atoms with Crippen molar-refractivity contribution in [3.05, 3.63) is 34.3 Å². The molecule has 0 atom stereocenters. The van der Waals surface area contributed by atoms with Gasteiger partial charge in [0.25, 0.3) is 5.91 Å². The van der Waals surface area contributed by atoms with Crippen LogP contribution in [0.2, 0.25) is 5.02 Å². The monoisotopic (exact) mass is 307 g/mol. The van der Waals surface area contributed by atoms with Gasteiger partial charge in [-0.05, 0) is 32.0 Å². The zero-order valence-electron chi connectivity index (χ0n) is 12.0. The molecule has 1 aromatic rings. The Kier molecular flexibility index (Phi) is 5.77. The first-order chi connectivity index (χ1) is 9.75. The number of hydrogen-bond acceptors (Lipinski definition) is 3. The Labute approximate surface area is 129 Å². The third-order valence-electron chi connectivity index (χ3n) is 2.62.